The lowest BCUT2D eigenvalue weighted by Crippen LogP contribution is -2.07. The van der Waals surface area contributed by atoms with Gasteiger partial charge in [-0.15, -0.1) is 0 Å². The van der Waals surface area contributed by atoms with E-state index in [9.17, 15) is 0 Å². The van der Waals surface area contributed by atoms with E-state index in [2.05, 4.69) is 45.9 Å². The highest BCUT2D eigenvalue weighted by atomic mass is 14.3. The predicted octanol–water partition coefficient (Wildman–Crippen LogP) is 3.95. The minimum Gasteiger partial charge on any atom is -0.193 e. The first-order valence-electron chi connectivity index (χ1n) is 5.12. The van der Waals surface area contributed by atoms with Crippen molar-refractivity contribution in [3.05, 3.63) is 41.0 Å². The maximum atomic E-state index is 9.06. The van der Waals surface area contributed by atoms with Crippen molar-refractivity contribution in [2.75, 3.05) is 0 Å². The largest absolute Gasteiger partial charge is 0.193 e. The van der Waals surface area contributed by atoms with Gasteiger partial charge in [0, 0.05) is 5.57 Å². The number of rotatable bonds is 1. The molecule has 0 bridgehead atoms. The number of nitriles is 1. The molecule has 1 heteroatoms. The SMILES string of the molecule is Cc1ccc(C=C(C#N)C(C)(C)C)cc1. The Morgan fingerprint density at radius 1 is 1.20 bits per heavy atom. The molecule has 1 aromatic carbocycles. The molecule has 0 spiro atoms. The van der Waals surface area contributed by atoms with Crippen LogP contribution in [-0.4, -0.2) is 0 Å². The van der Waals surface area contributed by atoms with Crippen molar-refractivity contribution < 1.29 is 0 Å². The van der Waals surface area contributed by atoms with E-state index < -0.39 is 0 Å². The highest BCUT2D eigenvalue weighted by Crippen LogP contribution is 2.26. The summed E-state index contributed by atoms with van der Waals surface area (Å²) < 4.78 is 0. The molecule has 0 heterocycles. The number of aryl methyl sites for hydroxylation is 1. The number of hydrogen-bond donors (Lipinski definition) is 0. The van der Waals surface area contributed by atoms with Gasteiger partial charge in [-0.1, -0.05) is 50.6 Å². The second kappa shape index (κ2) is 4.31. The molecular formula is C14H17N. The monoisotopic (exact) mass is 199 g/mol. The van der Waals surface area contributed by atoms with Gasteiger partial charge < -0.3 is 0 Å². The number of nitrogens with zero attached hydrogens (tertiary/aromatic N) is 1. The minimum absolute atomic E-state index is 0.0837. The smallest absolute Gasteiger partial charge is 0.0952 e. The van der Waals surface area contributed by atoms with Crippen LogP contribution in [0.25, 0.3) is 6.08 Å². The average Bonchev–Trinajstić information content (AvgIpc) is 2.15. The average molecular weight is 199 g/mol. The zero-order valence-corrected chi connectivity index (χ0v) is 9.83. The summed E-state index contributed by atoms with van der Waals surface area (Å²) in [6.07, 6.45) is 1.96. The van der Waals surface area contributed by atoms with Crippen molar-refractivity contribution in [1.82, 2.24) is 0 Å². The van der Waals surface area contributed by atoms with Crippen molar-refractivity contribution in [2.24, 2.45) is 5.41 Å². The van der Waals surface area contributed by atoms with Gasteiger partial charge in [-0.25, -0.2) is 0 Å². The molecule has 0 atom stereocenters. The second-order valence-corrected chi connectivity index (χ2v) is 4.83. The Hall–Kier alpha value is -1.55. The van der Waals surface area contributed by atoms with Crippen LogP contribution in [0.5, 0.6) is 0 Å². The summed E-state index contributed by atoms with van der Waals surface area (Å²) in [7, 11) is 0. The lowest BCUT2D eigenvalue weighted by Gasteiger charge is -2.16. The predicted molar refractivity (Wildman–Crippen MR) is 64.2 cm³/mol. The van der Waals surface area contributed by atoms with E-state index in [0.717, 1.165) is 11.1 Å². The van der Waals surface area contributed by atoms with Gasteiger partial charge in [-0.05, 0) is 24.0 Å². The third-order valence-corrected chi connectivity index (χ3v) is 2.32. The third-order valence-electron chi connectivity index (χ3n) is 2.32. The Bertz CT molecular complexity index is 396. The van der Waals surface area contributed by atoms with Crippen molar-refractivity contribution in [1.29, 1.82) is 5.26 Å². The number of benzene rings is 1. The third kappa shape index (κ3) is 3.25. The summed E-state index contributed by atoms with van der Waals surface area (Å²) in [6.45, 7) is 8.21. The molecule has 0 amide bonds. The van der Waals surface area contributed by atoms with E-state index >= 15 is 0 Å². The maximum absolute atomic E-state index is 9.06. The number of hydrogen-bond acceptors (Lipinski definition) is 1. The van der Waals surface area contributed by atoms with Crippen molar-refractivity contribution >= 4 is 6.08 Å². The Morgan fingerprint density at radius 2 is 1.73 bits per heavy atom. The zero-order valence-electron chi connectivity index (χ0n) is 9.83. The normalized spacial score (nSPS) is 12.3. The van der Waals surface area contributed by atoms with Gasteiger partial charge in [-0.3, -0.25) is 0 Å². The molecule has 0 N–H and O–H groups in total. The van der Waals surface area contributed by atoms with Gasteiger partial charge in [0.1, 0.15) is 0 Å². The van der Waals surface area contributed by atoms with Gasteiger partial charge in [0.25, 0.3) is 0 Å². The van der Waals surface area contributed by atoms with Crippen LogP contribution in [0.15, 0.2) is 29.8 Å². The van der Waals surface area contributed by atoms with Gasteiger partial charge >= 0.3 is 0 Å². The van der Waals surface area contributed by atoms with Crippen molar-refractivity contribution in [3.63, 3.8) is 0 Å². The molecule has 15 heavy (non-hydrogen) atoms. The molecule has 78 valence electrons. The molecule has 0 aliphatic carbocycles. The van der Waals surface area contributed by atoms with Crippen LogP contribution in [0, 0.1) is 23.7 Å². The van der Waals surface area contributed by atoms with Gasteiger partial charge in [0.2, 0.25) is 0 Å². The fourth-order valence-electron chi connectivity index (χ4n) is 1.25. The molecule has 0 aliphatic rings. The summed E-state index contributed by atoms with van der Waals surface area (Å²) >= 11 is 0. The first kappa shape index (κ1) is 11.5. The molecule has 1 rings (SSSR count). The Morgan fingerprint density at radius 3 is 2.13 bits per heavy atom. The van der Waals surface area contributed by atoms with E-state index in [1.165, 1.54) is 5.56 Å². The molecule has 0 aliphatic heterocycles. The fourth-order valence-corrected chi connectivity index (χ4v) is 1.25. The van der Waals surface area contributed by atoms with Gasteiger partial charge in [0.15, 0.2) is 0 Å². The molecule has 0 aromatic heterocycles. The lowest BCUT2D eigenvalue weighted by molar-refractivity contribution is 0.523. The zero-order chi connectivity index (χ0) is 11.5. The van der Waals surface area contributed by atoms with Crippen LogP contribution in [0.1, 0.15) is 31.9 Å². The van der Waals surface area contributed by atoms with Crippen molar-refractivity contribution in [2.45, 2.75) is 27.7 Å². The van der Waals surface area contributed by atoms with E-state index in [1.54, 1.807) is 0 Å². The van der Waals surface area contributed by atoms with Crippen LogP contribution in [0.2, 0.25) is 0 Å². The molecule has 1 aromatic rings. The van der Waals surface area contributed by atoms with E-state index in [1.807, 2.05) is 18.2 Å². The molecule has 0 radical (unpaired) electrons. The van der Waals surface area contributed by atoms with E-state index in [0.29, 0.717) is 0 Å². The van der Waals surface area contributed by atoms with Crippen LogP contribution >= 0.6 is 0 Å². The Labute approximate surface area is 92.1 Å². The van der Waals surface area contributed by atoms with Crippen LogP contribution in [0.3, 0.4) is 0 Å². The fraction of sp³-hybridized carbons (Fsp3) is 0.357. The van der Waals surface area contributed by atoms with Crippen LogP contribution < -0.4 is 0 Å². The Kier molecular flexibility index (Phi) is 3.31. The number of allylic oxidation sites excluding steroid dienone is 1. The minimum atomic E-state index is -0.0837. The standard InChI is InChI=1S/C14H17N/c1-11-5-7-12(8-6-11)9-13(10-15)14(2,3)4/h5-9H,1-4H3. The summed E-state index contributed by atoms with van der Waals surface area (Å²) in [5, 5.41) is 9.06. The summed E-state index contributed by atoms with van der Waals surface area (Å²) in [4.78, 5) is 0. The molecule has 0 saturated carbocycles. The maximum Gasteiger partial charge on any atom is 0.0952 e. The van der Waals surface area contributed by atoms with Crippen LogP contribution in [-0.2, 0) is 0 Å². The summed E-state index contributed by atoms with van der Waals surface area (Å²) in [5.41, 5.74) is 3.06. The van der Waals surface area contributed by atoms with Crippen LogP contribution in [0.4, 0.5) is 0 Å². The second-order valence-electron chi connectivity index (χ2n) is 4.83. The first-order chi connectivity index (χ1) is 6.93. The lowest BCUT2D eigenvalue weighted by atomic mass is 9.86. The molecular weight excluding hydrogens is 182 g/mol. The molecule has 0 fully saturated rings. The molecule has 0 unspecified atom stereocenters. The van der Waals surface area contributed by atoms with Crippen molar-refractivity contribution in [3.8, 4) is 6.07 Å². The summed E-state index contributed by atoms with van der Waals surface area (Å²) in [6, 6.07) is 10.5. The van der Waals surface area contributed by atoms with E-state index in [-0.39, 0.29) is 5.41 Å². The highest BCUT2D eigenvalue weighted by molar-refractivity contribution is 5.58. The quantitative estimate of drug-likeness (QED) is 0.628. The first-order valence-corrected chi connectivity index (χ1v) is 5.12. The summed E-state index contributed by atoms with van der Waals surface area (Å²) in [5.74, 6) is 0. The topological polar surface area (TPSA) is 23.8 Å². The van der Waals surface area contributed by atoms with Gasteiger partial charge in [0.05, 0.1) is 6.07 Å². The Balaban J connectivity index is 3.06. The highest BCUT2D eigenvalue weighted by Gasteiger charge is 2.16. The molecule has 1 nitrogen and oxygen atoms in total. The van der Waals surface area contributed by atoms with Gasteiger partial charge in [-0.2, -0.15) is 5.26 Å². The van der Waals surface area contributed by atoms with E-state index in [4.69, 9.17) is 5.26 Å². The molecule has 0 saturated heterocycles.